The first-order valence-corrected chi connectivity index (χ1v) is 5.96. The van der Waals surface area contributed by atoms with Gasteiger partial charge in [-0.3, -0.25) is 5.41 Å². The number of aromatic nitrogens is 2. The zero-order chi connectivity index (χ0) is 14.0. The van der Waals surface area contributed by atoms with Gasteiger partial charge < -0.3 is 10.5 Å². The summed E-state index contributed by atoms with van der Waals surface area (Å²) in [5.74, 6) is 0.922. The Morgan fingerprint density at radius 1 is 1.21 bits per heavy atom. The number of aryl methyl sites for hydroxylation is 2. The van der Waals surface area contributed by atoms with Crippen LogP contribution in [0.25, 0.3) is 0 Å². The van der Waals surface area contributed by atoms with E-state index in [4.69, 9.17) is 27.5 Å². The lowest BCUT2D eigenvalue weighted by Crippen LogP contribution is -2.13. The van der Waals surface area contributed by atoms with Crippen LogP contribution in [0.3, 0.4) is 0 Å². The summed E-state index contributed by atoms with van der Waals surface area (Å²) in [5.41, 5.74) is 7.46. The molecule has 98 valence electrons. The summed E-state index contributed by atoms with van der Waals surface area (Å²) in [5, 5.41) is 7.91. The maximum Gasteiger partial charge on any atom is 0.237 e. The van der Waals surface area contributed by atoms with E-state index in [1.54, 1.807) is 0 Å². The lowest BCUT2D eigenvalue weighted by molar-refractivity contribution is 0.453. The maximum absolute atomic E-state index is 7.24. The molecule has 0 spiro atoms. The van der Waals surface area contributed by atoms with Gasteiger partial charge >= 0.3 is 0 Å². The van der Waals surface area contributed by atoms with Crippen molar-refractivity contribution in [2.45, 2.75) is 13.8 Å². The van der Waals surface area contributed by atoms with Crippen LogP contribution in [0.5, 0.6) is 11.6 Å². The molecule has 0 radical (unpaired) electrons. The van der Waals surface area contributed by atoms with Crippen molar-refractivity contribution in [2.24, 2.45) is 5.73 Å². The summed E-state index contributed by atoms with van der Waals surface area (Å²) in [6.07, 6.45) is 2.84. The Labute approximate surface area is 115 Å². The van der Waals surface area contributed by atoms with E-state index in [1.807, 2.05) is 26.0 Å². The van der Waals surface area contributed by atoms with Crippen molar-refractivity contribution >= 4 is 17.4 Å². The Bertz CT molecular complexity index is 602. The van der Waals surface area contributed by atoms with Crippen LogP contribution in [0.4, 0.5) is 0 Å². The maximum atomic E-state index is 7.24. The summed E-state index contributed by atoms with van der Waals surface area (Å²) in [6.45, 7) is 3.82. The molecule has 0 saturated heterocycles. The predicted molar refractivity (Wildman–Crippen MR) is 74.0 cm³/mol. The minimum atomic E-state index is -0.127. The van der Waals surface area contributed by atoms with Crippen LogP contribution in [-0.2, 0) is 0 Å². The van der Waals surface area contributed by atoms with E-state index >= 15 is 0 Å². The van der Waals surface area contributed by atoms with E-state index in [1.165, 1.54) is 12.4 Å². The highest BCUT2D eigenvalue weighted by atomic mass is 35.5. The fraction of sp³-hybridized carbons (Fsp3) is 0.154. The smallest absolute Gasteiger partial charge is 0.237 e. The third kappa shape index (κ3) is 3.00. The molecule has 0 bridgehead atoms. The van der Waals surface area contributed by atoms with E-state index in [-0.39, 0.29) is 5.84 Å². The van der Waals surface area contributed by atoms with Gasteiger partial charge in [0.25, 0.3) is 0 Å². The number of ether oxygens (including phenoxy) is 1. The molecule has 6 heteroatoms. The second kappa shape index (κ2) is 5.24. The molecule has 0 aliphatic heterocycles. The summed E-state index contributed by atoms with van der Waals surface area (Å²) < 4.78 is 5.69. The molecule has 0 amide bonds. The van der Waals surface area contributed by atoms with Crippen molar-refractivity contribution in [2.75, 3.05) is 0 Å². The summed E-state index contributed by atoms with van der Waals surface area (Å²) in [7, 11) is 0. The highest BCUT2D eigenvalue weighted by Crippen LogP contribution is 2.30. The minimum Gasteiger partial charge on any atom is -0.437 e. The van der Waals surface area contributed by atoms with Crippen LogP contribution in [0.2, 0.25) is 5.02 Å². The van der Waals surface area contributed by atoms with Crippen LogP contribution in [-0.4, -0.2) is 15.8 Å². The number of hydrogen-bond acceptors (Lipinski definition) is 4. The van der Waals surface area contributed by atoms with Gasteiger partial charge in [0.1, 0.15) is 17.3 Å². The van der Waals surface area contributed by atoms with E-state index in [0.717, 1.165) is 11.1 Å². The number of rotatable bonds is 3. The Morgan fingerprint density at radius 2 is 1.84 bits per heavy atom. The Kier molecular flexibility index (Phi) is 3.66. The summed E-state index contributed by atoms with van der Waals surface area (Å²) in [4.78, 5) is 8.05. The van der Waals surface area contributed by atoms with Gasteiger partial charge in [0, 0.05) is 5.02 Å². The van der Waals surface area contributed by atoms with Crippen LogP contribution < -0.4 is 10.5 Å². The van der Waals surface area contributed by atoms with Gasteiger partial charge in [0.05, 0.1) is 12.4 Å². The quantitative estimate of drug-likeness (QED) is 0.667. The summed E-state index contributed by atoms with van der Waals surface area (Å²) >= 11 is 5.96. The van der Waals surface area contributed by atoms with Crippen molar-refractivity contribution in [3.05, 3.63) is 46.4 Å². The number of nitrogens with two attached hydrogens (primary N) is 1. The molecule has 2 aromatic rings. The van der Waals surface area contributed by atoms with Crippen LogP contribution >= 0.6 is 11.6 Å². The SMILES string of the molecule is Cc1cc(Cl)cc(C)c1Oc1cnc(C(=N)N)cn1. The van der Waals surface area contributed by atoms with Gasteiger partial charge in [-0.2, -0.15) is 0 Å². The first kappa shape index (κ1) is 13.3. The predicted octanol–water partition coefficient (Wildman–Crippen LogP) is 2.82. The first-order valence-electron chi connectivity index (χ1n) is 5.58. The van der Waals surface area contributed by atoms with Gasteiger partial charge in [0.15, 0.2) is 0 Å². The molecule has 19 heavy (non-hydrogen) atoms. The van der Waals surface area contributed by atoms with E-state index in [9.17, 15) is 0 Å². The standard InChI is InChI=1S/C13H13ClN4O/c1-7-3-9(14)4-8(2)12(7)19-11-6-17-10(5-18-11)13(15)16/h3-6H,1-2H3,(H3,15,16). The Hall–Kier alpha value is -2.14. The van der Waals surface area contributed by atoms with Gasteiger partial charge in [0.2, 0.25) is 5.88 Å². The molecule has 0 unspecified atom stereocenters. The average molecular weight is 277 g/mol. The lowest BCUT2D eigenvalue weighted by atomic mass is 10.1. The van der Waals surface area contributed by atoms with Gasteiger partial charge in [-0.15, -0.1) is 0 Å². The second-order valence-electron chi connectivity index (χ2n) is 4.12. The average Bonchev–Trinajstić information content (AvgIpc) is 2.34. The lowest BCUT2D eigenvalue weighted by Gasteiger charge is -2.11. The van der Waals surface area contributed by atoms with Gasteiger partial charge in [-0.05, 0) is 37.1 Å². The minimum absolute atomic E-state index is 0.127. The first-order chi connectivity index (χ1) is 8.97. The topological polar surface area (TPSA) is 84.9 Å². The number of hydrogen-bond donors (Lipinski definition) is 2. The Morgan fingerprint density at radius 3 is 2.32 bits per heavy atom. The molecule has 1 aromatic heterocycles. The second-order valence-corrected chi connectivity index (χ2v) is 4.56. The Balaban J connectivity index is 2.29. The highest BCUT2D eigenvalue weighted by Gasteiger charge is 2.08. The molecule has 0 aliphatic carbocycles. The number of amidine groups is 1. The molecule has 0 saturated carbocycles. The molecule has 0 fully saturated rings. The number of nitrogens with one attached hydrogen (secondary N) is 1. The van der Waals surface area contributed by atoms with Crippen LogP contribution in [0.15, 0.2) is 24.5 Å². The van der Waals surface area contributed by atoms with Crippen LogP contribution in [0, 0.1) is 19.3 Å². The zero-order valence-corrected chi connectivity index (χ0v) is 11.3. The van der Waals surface area contributed by atoms with Gasteiger partial charge in [-0.25, -0.2) is 9.97 Å². The van der Waals surface area contributed by atoms with Crippen LogP contribution in [0.1, 0.15) is 16.8 Å². The fourth-order valence-corrected chi connectivity index (χ4v) is 2.00. The number of halogens is 1. The highest BCUT2D eigenvalue weighted by molar-refractivity contribution is 6.30. The monoisotopic (exact) mass is 276 g/mol. The van der Waals surface area contributed by atoms with E-state index in [0.29, 0.717) is 22.3 Å². The molecule has 5 nitrogen and oxygen atoms in total. The molecule has 2 rings (SSSR count). The number of nitrogens with zero attached hydrogens (tertiary/aromatic N) is 2. The number of nitrogen functional groups attached to an aromatic ring is 1. The zero-order valence-electron chi connectivity index (χ0n) is 10.6. The summed E-state index contributed by atoms with van der Waals surface area (Å²) in [6, 6.07) is 3.64. The van der Waals surface area contributed by atoms with Crippen molar-refractivity contribution in [1.29, 1.82) is 5.41 Å². The largest absolute Gasteiger partial charge is 0.437 e. The van der Waals surface area contributed by atoms with Crippen molar-refractivity contribution in [1.82, 2.24) is 9.97 Å². The normalized spacial score (nSPS) is 10.3. The van der Waals surface area contributed by atoms with Crippen molar-refractivity contribution in [3.8, 4) is 11.6 Å². The molecular formula is C13H13ClN4O. The van der Waals surface area contributed by atoms with Gasteiger partial charge in [-0.1, -0.05) is 11.6 Å². The van der Waals surface area contributed by atoms with E-state index < -0.39 is 0 Å². The number of benzene rings is 1. The molecular weight excluding hydrogens is 264 g/mol. The molecule has 0 atom stereocenters. The molecule has 1 heterocycles. The molecule has 3 N–H and O–H groups in total. The fourth-order valence-electron chi connectivity index (χ4n) is 1.67. The van der Waals surface area contributed by atoms with Crippen molar-refractivity contribution < 1.29 is 4.74 Å². The molecule has 0 aliphatic rings. The third-order valence-electron chi connectivity index (χ3n) is 2.54. The van der Waals surface area contributed by atoms with E-state index in [2.05, 4.69) is 9.97 Å². The third-order valence-corrected chi connectivity index (χ3v) is 2.75. The van der Waals surface area contributed by atoms with Crippen molar-refractivity contribution in [3.63, 3.8) is 0 Å². The molecule has 1 aromatic carbocycles.